The van der Waals surface area contributed by atoms with Crippen LogP contribution in [0.15, 0.2) is 34.3 Å². The molecule has 0 spiro atoms. The highest BCUT2D eigenvalue weighted by Crippen LogP contribution is 2.45. The standard InChI is InChI=1S/C28H33FN4O2S/c1-16(21-4-2-3-5-22(21)29)20-10-18-6-7-19(11-23(18)30-12-20)26-25-24(27(35)32-15-31-25)28(36-26)33-9-8-17(13-33)14-34/h6-7,11-12,15-17,20-22,34H,2-5,8-10,13-14H2,1H3,(H,31,32,35). The lowest BCUT2D eigenvalue weighted by Crippen LogP contribution is -2.33. The maximum absolute atomic E-state index is 14.6. The van der Waals surface area contributed by atoms with Gasteiger partial charge >= 0.3 is 0 Å². The zero-order valence-electron chi connectivity index (χ0n) is 20.6. The molecule has 0 amide bonds. The highest BCUT2D eigenvalue weighted by Gasteiger charge is 2.34. The number of halogens is 1. The lowest BCUT2D eigenvalue weighted by molar-refractivity contribution is 0.105. The quantitative estimate of drug-likeness (QED) is 0.476. The van der Waals surface area contributed by atoms with Gasteiger partial charge in [-0.3, -0.25) is 9.79 Å². The van der Waals surface area contributed by atoms with Crippen LogP contribution in [0, 0.1) is 23.7 Å². The fourth-order valence-corrected chi connectivity index (χ4v) is 7.65. The Bertz CT molecular complexity index is 1350. The molecule has 1 saturated heterocycles. The van der Waals surface area contributed by atoms with E-state index < -0.39 is 6.17 Å². The maximum atomic E-state index is 14.6. The van der Waals surface area contributed by atoms with Gasteiger partial charge in [-0.15, -0.1) is 11.3 Å². The smallest absolute Gasteiger partial charge is 0.261 e. The molecule has 2 aliphatic heterocycles. The Labute approximate surface area is 214 Å². The van der Waals surface area contributed by atoms with Crippen molar-refractivity contribution < 1.29 is 9.50 Å². The minimum absolute atomic E-state index is 0.132. The van der Waals surface area contributed by atoms with Crippen molar-refractivity contribution >= 4 is 39.1 Å². The molecule has 1 aromatic carbocycles. The van der Waals surface area contributed by atoms with Gasteiger partial charge in [0.25, 0.3) is 5.56 Å². The number of aliphatic imine (C=N–C) groups is 1. The molecule has 36 heavy (non-hydrogen) atoms. The number of aliphatic hydroxyl groups is 1. The molecule has 190 valence electrons. The van der Waals surface area contributed by atoms with Crippen molar-refractivity contribution in [2.75, 3.05) is 24.6 Å². The van der Waals surface area contributed by atoms with Gasteiger partial charge in [0, 0.05) is 37.7 Å². The van der Waals surface area contributed by atoms with E-state index in [0.29, 0.717) is 17.3 Å². The first-order valence-corrected chi connectivity index (χ1v) is 14.0. The molecule has 2 N–H and O–H groups in total. The number of aromatic amines is 1. The molecule has 4 heterocycles. The van der Waals surface area contributed by atoms with Crippen molar-refractivity contribution in [1.29, 1.82) is 0 Å². The van der Waals surface area contributed by atoms with Crippen molar-refractivity contribution in [2.45, 2.75) is 51.6 Å². The Balaban J connectivity index is 1.31. The van der Waals surface area contributed by atoms with Crippen molar-refractivity contribution in [3.8, 4) is 10.4 Å². The lowest BCUT2D eigenvalue weighted by atomic mass is 9.72. The third-order valence-electron chi connectivity index (χ3n) is 8.60. The number of hydrogen-bond donors (Lipinski definition) is 2. The highest BCUT2D eigenvalue weighted by molar-refractivity contribution is 7.21. The average molecular weight is 509 g/mol. The normalized spacial score (nSPS) is 26.9. The van der Waals surface area contributed by atoms with E-state index in [1.807, 2.05) is 6.21 Å². The number of hydrogen-bond acceptors (Lipinski definition) is 6. The van der Waals surface area contributed by atoms with E-state index in [4.69, 9.17) is 4.99 Å². The van der Waals surface area contributed by atoms with Crippen molar-refractivity contribution in [2.24, 2.45) is 28.7 Å². The van der Waals surface area contributed by atoms with Crippen molar-refractivity contribution in [3.63, 3.8) is 0 Å². The van der Waals surface area contributed by atoms with E-state index in [9.17, 15) is 14.3 Å². The second-order valence-electron chi connectivity index (χ2n) is 10.8. The summed E-state index contributed by atoms with van der Waals surface area (Å²) in [5.41, 5.74) is 3.73. The number of anilines is 1. The highest BCUT2D eigenvalue weighted by atomic mass is 32.1. The van der Waals surface area contributed by atoms with Gasteiger partial charge in [-0.1, -0.05) is 31.9 Å². The first-order chi connectivity index (χ1) is 17.5. The van der Waals surface area contributed by atoms with E-state index in [0.717, 1.165) is 66.3 Å². The van der Waals surface area contributed by atoms with Gasteiger partial charge in [0.2, 0.25) is 0 Å². The largest absolute Gasteiger partial charge is 0.396 e. The summed E-state index contributed by atoms with van der Waals surface area (Å²) >= 11 is 1.59. The zero-order valence-corrected chi connectivity index (χ0v) is 21.4. The summed E-state index contributed by atoms with van der Waals surface area (Å²) in [5.74, 6) is 0.900. The summed E-state index contributed by atoms with van der Waals surface area (Å²) in [7, 11) is 0. The number of fused-ring (bicyclic) bond motifs is 2. The lowest BCUT2D eigenvalue weighted by Gasteiger charge is -2.35. The molecule has 6 rings (SSSR count). The van der Waals surface area contributed by atoms with Gasteiger partial charge in [0.1, 0.15) is 16.6 Å². The first kappa shape index (κ1) is 23.8. The van der Waals surface area contributed by atoms with E-state index in [1.165, 1.54) is 11.9 Å². The van der Waals surface area contributed by atoms with Crippen LogP contribution in [0.25, 0.3) is 21.3 Å². The molecule has 2 fully saturated rings. The molecule has 3 aliphatic rings. The summed E-state index contributed by atoms with van der Waals surface area (Å²) in [5, 5.41) is 11.1. The van der Waals surface area contributed by atoms with Crippen LogP contribution in [0.5, 0.6) is 0 Å². The number of nitrogens with one attached hydrogen (secondary N) is 1. The van der Waals surface area contributed by atoms with Gasteiger partial charge in [0.05, 0.1) is 22.4 Å². The monoisotopic (exact) mass is 508 g/mol. The second-order valence-corrected chi connectivity index (χ2v) is 11.8. The van der Waals surface area contributed by atoms with E-state index in [-0.39, 0.29) is 35.8 Å². The number of benzene rings is 1. The van der Waals surface area contributed by atoms with Gasteiger partial charge in [-0.05, 0) is 54.7 Å². The fourth-order valence-electron chi connectivity index (χ4n) is 6.38. The van der Waals surface area contributed by atoms with E-state index >= 15 is 0 Å². The van der Waals surface area contributed by atoms with Crippen LogP contribution in [0.3, 0.4) is 0 Å². The summed E-state index contributed by atoms with van der Waals surface area (Å²) in [6.45, 7) is 3.93. The zero-order chi connectivity index (χ0) is 24.8. The van der Waals surface area contributed by atoms with Crippen LogP contribution < -0.4 is 10.5 Å². The minimum Gasteiger partial charge on any atom is -0.396 e. The van der Waals surface area contributed by atoms with Gasteiger partial charge < -0.3 is 15.0 Å². The van der Waals surface area contributed by atoms with E-state index in [2.05, 4.69) is 40.0 Å². The first-order valence-electron chi connectivity index (χ1n) is 13.2. The summed E-state index contributed by atoms with van der Waals surface area (Å²) in [4.78, 5) is 28.1. The molecular formula is C28H33FN4O2S. The van der Waals surface area contributed by atoms with Gasteiger partial charge in [-0.25, -0.2) is 9.37 Å². The SMILES string of the molecule is CC(C1C=Nc2cc(-c3sc(N4CCC(CO)C4)c4c(=O)[nH]cnc34)ccc2C1)C1CCCCC1F. The number of alkyl halides is 1. The van der Waals surface area contributed by atoms with Crippen LogP contribution >= 0.6 is 11.3 Å². The Hall–Kier alpha value is -2.58. The number of aliphatic hydroxyl groups excluding tert-OH is 1. The van der Waals surface area contributed by atoms with E-state index in [1.54, 1.807) is 11.3 Å². The molecule has 8 heteroatoms. The summed E-state index contributed by atoms with van der Waals surface area (Å²) in [6, 6.07) is 6.35. The van der Waals surface area contributed by atoms with Crippen molar-refractivity contribution in [1.82, 2.24) is 9.97 Å². The Kier molecular flexibility index (Phi) is 6.42. The molecule has 0 radical (unpaired) electrons. The van der Waals surface area contributed by atoms with Crippen LogP contribution in [0.4, 0.5) is 15.1 Å². The maximum Gasteiger partial charge on any atom is 0.261 e. The molecule has 0 bridgehead atoms. The second kappa shape index (κ2) is 9.71. The number of thiophene rings is 1. The van der Waals surface area contributed by atoms with Crippen molar-refractivity contribution in [3.05, 3.63) is 40.4 Å². The molecule has 3 aromatic rings. The third-order valence-corrected chi connectivity index (χ3v) is 9.89. The molecule has 6 nitrogen and oxygen atoms in total. The molecular weight excluding hydrogens is 475 g/mol. The Morgan fingerprint density at radius 2 is 2.14 bits per heavy atom. The minimum atomic E-state index is -0.689. The Morgan fingerprint density at radius 1 is 1.28 bits per heavy atom. The molecule has 5 unspecified atom stereocenters. The summed E-state index contributed by atoms with van der Waals surface area (Å²) in [6.07, 6.45) is 8.44. The number of rotatable bonds is 5. The van der Waals surface area contributed by atoms with Gasteiger partial charge in [-0.2, -0.15) is 0 Å². The predicted octanol–water partition coefficient (Wildman–Crippen LogP) is 5.51. The average Bonchev–Trinajstić information content (AvgIpc) is 3.53. The van der Waals surface area contributed by atoms with Crippen LogP contribution in [-0.2, 0) is 6.42 Å². The molecule has 1 aliphatic carbocycles. The topological polar surface area (TPSA) is 81.6 Å². The Morgan fingerprint density at radius 3 is 2.94 bits per heavy atom. The third kappa shape index (κ3) is 4.18. The molecule has 5 atom stereocenters. The number of aromatic nitrogens is 2. The number of H-pyrrole nitrogens is 1. The molecule has 1 saturated carbocycles. The number of nitrogens with zero attached hydrogens (tertiary/aromatic N) is 3. The fraction of sp³-hybridized carbons (Fsp3) is 0.536. The summed E-state index contributed by atoms with van der Waals surface area (Å²) < 4.78 is 14.6. The predicted molar refractivity (Wildman–Crippen MR) is 144 cm³/mol. The van der Waals surface area contributed by atoms with Gasteiger partial charge in [0.15, 0.2) is 0 Å². The van der Waals surface area contributed by atoms with Crippen LogP contribution in [0.1, 0.15) is 44.6 Å². The van der Waals surface area contributed by atoms with Crippen LogP contribution in [-0.4, -0.2) is 47.2 Å². The van der Waals surface area contributed by atoms with Crippen LogP contribution in [0.2, 0.25) is 0 Å². The molecule has 2 aromatic heterocycles.